The molecular weight excluding hydrogens is 316 g/mol. The lowest BCUT2D eigenvalue weighted by Crippen LogP contribution is -2.58. The van der Waals surface area contributed by atoms with E-state index in [9.17, 15) is 4.79 Å². The van der Waals surface area contributed by atoms with Crippen LogP contribution in [0.3, 0.4) is 0 Å². The van der Waals surface area contributed by atoms with Gasteiger partial charge in [-0.3, -0.25) is 9.69 Å². The normalized spacial score (nSPS) is 35.9. The Morgan fingerprint density at radius 2 is 2.32 bits per heavy atom. The van der Waals surface area contributed by atoms with Crippen LogP contribution in [0.15, 0.2) is 36.9 Å². The van der Waals surface area contributed by atoms with Gasteiger partial charge >= 0.3 is 5.97 Å². The fourth-order valence-electron chi connectivity index (χ4n) is 5.35. The van der Waals surface area contributed by atoms with Crippen LogP contribution in [0.1, 0.15) is 17.7 Å². The number of piperidine rings is 1. The second kappa shape index (κ2) is 4.96. The minimum absolute atomic E-state index is 0.0355. The van der Waals surface area contributed by atoms with Crippen molar-refractivity contribution in [3.8, 4) is 0 Å². The Morgan fingerprint density at radius 1 is 1.48 bits per heavy atom. The molecule has 0 radical (unpaired) electrons. The molecule has 2 saturated heterocycles. The monoisotopic (exact) mass is 338 g/mol. The number of hydrogen-bond acceptors (Lipinski definition) is 4. The molecule has 25 heavy (non-hydrogen) atoms. The van der Waals surface area contributed by atoms with Crippen LogP contribution in [-0.2, 0) is 26.2 Å². The number of fused-ring (bicyclic) bond motifs is 2. The van der Waals surface area contributed by atoms with Crippen LogP contribution in [0.4, 0.5) is 0 Å². The molecule has 4 aliphatic rings. The SMILES string of the molecule is C=CC12CN3CCC1C(C(=O)OC)(CO2)c1[nH]c2ccccc2c1C3. The highest BCUT2D eigenvalue weighted by atomic mass is 16.5. The molecule has 0 saturated carbocycles. The number of aromatic nitrogens is 1. The molecule has 2 fully saturated rings. The summed E-state index contributed by atoms with van der Waals surface area (Å²) in [6.07, 6.45) is 2.80. The molecule has 2 aromatic rings. The highest BCUT2D eigenvalue weighted by molar-refractivity contribution is 5.91. The number of ether oxygens (including phenoxy) is 2. The van der Waals surface area contributed by atoms with E-state index in [0.29, 0.717) is 6.61 Å². The largest absolute Gasteiger partial charge is 0.468 e. The molecule has 1 aromatic heterocycles. The minimum Gasteiger partial charge on any atom is -0.468 e. The van der Waals surface area contributed by atoms with Gasteiger partial charge in [-0.2, -0.15) is 0 Å². The van der Waals surface area contributed by atoms with E-state index >= 15 is 0 Å². The third-order valence-electron chi connectivity index (χ3n) is 6.49. The molecule has 4 atom stereocenters. The van der Waals surface area contributed by atoms with Crippen molar-refractivity contribution >= 4 is 16.9 Å². The van der Waals surface area contributed by atoms with Crippen molar-refractivity contribution < 1.29 is 14.3 Å². The van der Waals surface area contributed by atoms with Crippen molar-refractivity contribution in [2.24, 2.45) is 5.92 Å². The molecule has 130 valence electrons. The smallest absolute Gasteiger partial charge is 0.320 e. The topological polar surface area (TPSA) is 54.6 Å². The van der Waals surface area contributed by atoms with E-state index in [1.807, 2.05) is 18.2 Å². The summed E-state index contributed by atoms with van der Waals surface area (Å²) in [5.41, 5.74) is 1.97. The van der Waals surface area contributed by atoms with E-state index < -0.39 is 11.0 Å². The number of H-pyrrole nitrogens is 1. The van der Waals surface area contributed by atoms with Crippen LogP contribution in [-0.4, -0.2) is 48.3 Å². The number of methoxy groups -OCH3 is 1. The predicted molar refractivity (Wildman–Crippen MR) is 94.3 cm³/mol. The molecule has 0 aliphatic carbocycles. The maximum atomic E-state index is 13.1. The van der Waals surface area contributed by atoms with Gasteiger partial charge in [0, 0.05) is 35.6 Å². The average molecular weight is 338 g/mol. The van der Waals surface area contributed by atoms with Crippen molar-refractivity contribution in [3.05, 3.63) is 48.2 Å². The quantitative estimate of drug-likeness (QED) is 0.675. The maximum absolute atomic E-state index is 13.1. The molecule has 4 bridgehead atoms. The van der Waals surface area contributed by atoms with Gasteiger partial charge in [0.2, 0.25) is 0 Å². The van der Waals surface area contributed by atoms with Gasteiger partial charge in [-0.15, -0.1) is 6.58 Å². The van der Waals surface area contributed by atoms with Gasteiger partial charge in [0.1, 0.15) is 11.0 Å². The Kier molecular flexibility index (Phi) is 3.01. The highest BCUT2D eigenvalue weighted by Gasteiger charge is 2.66. The predicted octanol–water partition coefficient (Wildman–Crippen LogP) is 2.37. The number of carbonyl (C=O) groups excluding carboxylic acids is 1. The van der Waals surface area contributed by atoms with Crippen molar-refractivity contribution in [1.82, 2.24) is 9.88 Å². The van der Waals surface area contributed by atoms with Gasteiger partial charge in [0.05, 0.1) is 13.7 Å². The summed E-state index contributed by atoms with van der Waals surface area (Å²) in [7, 11) is 1.47. The third-order valence-corrected chi connectivity index (χ3v) is 6.49. The van der Waals surface area contributed by atoms with Crippen LogP contribution in [0, 0.1) is 5.92 Å². The molecule has 1 aromatic carbocycles. The van der Waals surface area contributed by atoms with Crippen LogP contribution in [0.5, 0.6) is 0 Å². The Morgan fingerprint density at radius 3 is 3.12 bits per heavy atom. The van der Waals surface area contributed by atoms with Crippen molar-refractivity contribution in [3.63, 3.8) is 0 Å². The number of rotatable bonds is 2. The van der Waals surface area contributed by atoms with Gasteiger partial charge in [-0.05, 0) is 24.6 Å². The zero-order valence-electron chi connectivity index (χ0n) is 14.4. The Bertz CT molecular complexity index is 888. The van der Waals surface area contributed by atoms with Crippen molar-refractivity contribution in [2.75, 3.05) is 26.8 Å². The number of para-hydroxylation sites is 1. The summed E-state index contributed by atoms with van der Waals surface area (Å²) < 4.78 is 11.6. The molecule has 4 aliphatic heterocycles. The van der Waals surface area contributed by atoms with Gasteiger partial charge < -0.3 is 14.5 Å². The lowest BCUT2D eigenvalue weighted by molar-refractivity contribution is -0.150. The van der Waals surface area contributed by atoms with Gasteiger partial charge in [0.25, 0.3) is 0 Å². The zero-order chi connectivity index (χ0) is 17.2. The van der Waals surface area contributed by atoms with E-state index in [1.165, 1.54) is 18.1 Å². The average Bonchev–Trinajstić information content (AvgIpc) is 3.17. The van der Waals surface area contributed by atoms with E-state index in [2.05, 4.69) is 28.6 Å². The first-order valence-corrected chi connectivity index (χ1v) is 8.83. The van der Waals surface area contributed by atoms with Gasteiger partial charge in [-0.1, -0.05) is 24.3 Å². The fraction of sp³-hybridized carbons (Fsp3) is 0.450. The summed E-state index contributed by atoms with van der Waals surface area (Å²) in [6, 6.07) is 8.26. The molecule has 6 rings (SSSR count). The number of benzene rings is 1. The number of nitrogens with zero attached hydrogens (tertiary/aromatic N) is 1. The Hall–Kier alpha value is -2.11. The van der Waals surface area contributed by atoms with E-state index in [-0.39, 0.29) is 11.9 Å². The molecule has 5 nitrogen and oxygen atoms in total. The van der Waals surface area contributed by atoms with Crippen molar-refractivity contribution in [1.29, 1.82) is 0 Å². The Balaban J connectivity index is 1.85. The van der Waals surface area contributed by atoms with Crippen molar-refractivity contribution in [2.45, 2.75) is 24.0 Å². The lowest BCUT2D eigenvalue weighted by atomic mass is 9.63. The molecule has 1 N–H and O–H groups in total. The second-order valence-corrected chi connectivity index (χ2v) is 7.49. The first kappa shape index (κ1) is 15.2. The summed E-state index contributed by atoms with van der Waals surface area (Å²) in [5, 5.41) is 1.18. The molecule has 5 heteroatoms. The maximum Gasteiger partial charge on any atom is 0.320 e. The molecule has 0 spiro atoms. The van der Waals surface area contributed by atoms with Gasteiger partial charge in [0.15, 0.2) is 0 Å². The number of esters is 1. The van der Waals surface area contributed by atoms with E-state index in [4.69, 9.17) is 9.47 Å². The highest BCUT2D eigenvalue weighted by Crippen LogP contribution is 2.55. The number of nitrogens with one attached hydrogen (secondary N) is 1. The number of hydrogen-bond donors (Lipinski definition) is 1. The second-order valence-electron chi connectivity index (χ2n) is 7.49. The summed E-state index contributed by atoms with van der Waals surface area (Å²) in [4.78, 5) is 19.1. The lowest BCUT2D eigenvalue weighted by Gasteiger charge is -2.47. The first-order chi connectivity index (χ1) is 12.1. The minimum atomic E-state index is -0.788. The van der Waals surface area contributed by atoms with Crippen LogP contribution in [0.2, 0.25) is 0 Å². The van der Waals surface area contributed by atoms with Gasteiger partial charge in [-0.25, -0.2) is 0 Å². The molecule has 0 amide bonds. The summed E-state index contributed by atoms with van der Waals surface area (Å²) >= 11 is 0. The first-order valence-electron chi connectivity index (χ1n) is 8.83. The summed E-state index contributed by atoms with van der Waals surface area (Å²) in [5.74, 6) is -0.169. The van der Waals surface area contributed by atoms with Crippen LogP contribution in [0.25, 0.3) is 10.9 Å². The fourth-order valence-corrected chi connectivity index (χ4v) is 5.35. The number of aromatic amines is 1. The third kappa shape index (κ3) is 1.72. The molecule has 4 unspecified atom stereocenters. The van der Waals surface area contributed by atoms with Crippen LogP contribution < -0.4 is 0 Å². The van der Waals surface area contributed by atoms with Crippen LogP contribution >= 0.6 is 0 Å². The standard InChI is InChI=1S/C20H22N2O3/c1-3-19-11-22-9-8-16(19)20(12-25-19,18(23)24-2)17-14(10-22)13-6-4-5-7-15(13)21-17/h3-7,16,21H,1,8-12H2,2H3. The Labute approximate surface area is 146 Å². The van der Waals surface area contributed by atoms with E-state index in [1.54, 1.807) is 0 Å². The summed E-state index contributed by atoms with van der Waals surface area (Å²) in [6.45, 7) is 6.93. The zero-order valence-corrected chi connectivity index (χ0v) is 14.4. The number of carbonyl (C=O) groups is 1. The molecular formula is C20H22N2O3. The molecule has 5 heterocycles. The van der Waals surface area contributed by atoms with E-state index in [0.717, 1.165) is 37.3 Å².